The maximum atomic E-state index is 10.6. The van der Waals surface area contributed by atoms with Crippen molar-refractivity contribution in [2.45, 2.75) is 12.2 Å². The average molecular weight is 198 g/mol. The van der Waals surface area contributed by atoms with Gasteiger partial charge in [0.05, 0.1) is 6.61 Å². The molecule has 0 bridgehead atoms. The first kappa shape index (κ1) is 12.7. The van der Waals surface area contributed by atoms with E-state index in [0.29, 0.717) is 0 Å². The molecule has 0 amide bonds. The van der Waals surface area contributed by atoms with Crippen LogP contribution in [0.2, 0.25) is 0 Å². The number of cyclic esters (lactones) is 1. The van der Waals surface area contributed by atoms with Crippen molar-refractivity contribution in [3.63, 3.8) is 0 Å². The smallest absolute Gasteiger partial charge is 0.865 e. The second kappa shape index (κ2) is 4.83. The molecule has 0 spiro atoms. The fourth-order valence-corrected chi connectivity index (χ4v) is 0.808. The Bertz CT molecular complexity index is 237. The quantitative estimate of drug-likeness (QED) is 0.286. The van der Waals surface area contributed by atoms with E-state index in [1.54, 1.807) is 0 Å². The summed E-state index contributed by atoms with van der Waals surface area (Å²) in [6.07, 6.45) is -2.88. The largest absolute Gasteiger partial charge is 1.00 e. The van der Waals surface area contributed by atoms with Crippen molar-refractivity contribution in [3.05, 3.63) is 11.5 Å². The van der Waals surface area contributed by atoms with Crippen molar-refractivity contribution in [2.24, 2.45) is 0 Å². The van der Waals surface area contributed by atoms with Crippen LogP contribution in [0.1, 0.15) is 0 Å². The van der Waals surface area contributed by atoms with Crippen LogP contribution in [0.4, 0.5) is 0 Å². The van der Waals surface area contributed by atoms with Crippen molar-refractivity contribution < 1.29 is 59.5 Å². The summed E-state index contributed by atoms with van der Waals surface area (Å²) in [5.74, 6) is -3.52. The molecule has 1 aliphatic rings. The van der Waals surface area contributed by atoms with Crippen LogP contribution < -0.4 is 34.7 Å². The van der Waals surface area contributed by atoms with Gasteiger partial charge in [-0.05, 0) is 0 Å². The predicted molar refractivity (Wildman–Crippen MR) is 32.6 cm³/mol. The van der Waals surface area contributed by atoms with Gasteiger partial charge in [0.2, 0.25) is 0 Å². The molecule has 0 saturated carbocycles. The number of hydrogen-bond acceptors (Lipinski definition) is 6. The number of hydrogen-bond donors (Lipinski definition) is 3. The molecule has 3 N–H and O–H groups in total. The van der Waals surface area contributed by atoms with Crippen molar-refractivity contribution in [1.82, 2.24) is 0 Å². The second-order valence-corrected chi connectivity index (χ2v) is 2.29. The second-order valence-electron chi connectivity index (χ2n) is 2.29. The third-order valence-corrected chi connectivity index (χ3v) is 1.49. The molecule has 0 aliphatic carbocycles. The summed E-state index contributed by atoms with van der Waals surface area (Å²) in [5.41, 5.74) is 0. The zero-order chi connectivity index (χ0) is 9.30. The summed E-state index contributed by atoms with van der Waals surface area (Å²) in [5, 5.41) is 36.9. The Labute approximate surface area is 95.7 Å². The van der Waals surface area contributed by atoms with Crippen LogP contribution >= 0.6 is 0 Å². The molecule has 68 valence electrons. The van der Waals surface area contributed by atoms with Crippen molar-refractivity contribution in [1.29, 1.82) is 0 Å². The van der Waals surface area contributed by atoms with Crippen LogP contribution in [-0.2, 0) is 9.53 Å². The maximum Gasteiger partial charge on any atom is 1.00 e. The zero-order valence-corrected chi connectivity index (χ0v) is 8.93. The van der Waals surface area contributed by atoms with Gasteiger partial charge in [-0.15, -0.1) is 0 Å². The van der Waals surface area contributed by atoms with Gasteiger partial charge in [0.25, 0.3) is 0 Å². The number of carbonyl (C=O) groups is 1. The fourth-order valence-electron chi connectivity index (χ4n) is 0.808. The van der Waals surface area contributed by atoms with E-state index < -0.39 is 36.3 Å². The molecule has 0 aromatic carbocycles. The molecule has 1 heterocycles. The minimum atomic E-state index is -1.62. The Hall–Kier alpha value is -0.270. The van der Waals surface area contributed by atoms with Crippen molar-refractivity contribution in [2.75, 3.05) is 6.61 Å². The third kappa shape index (κ3) is 2.35. The van der Waals surface area contributed by atoms with Crippen LogP contribution in [0.3, 0.4) is 0 Å². The summed E-state index contributed by atoms with van der Waals surface area (Å²) < 4.78 is 4.26. The van der Waals surface area contributed by atoms with E-state index in [9.17, 15) is 9.90 Å². The Morgan fingerprint density at radius 2 is 2.08 bits per heavy atom. The summed E-state index contributed by atoms with van der Waals surface area (Å²) in [7, 11) is 0. The molecule has 0 unspecified atom stereocenters. The van der Waals surface area contributed by atoms with Gasteiger partial charge >= 0.3 is 35.5 Å². The fraction of sp³-hybridized carbons (Fsp3) is 0.500. The molecule has 0 radical (unpaired) electrons. The van der Waals surface area contributed by atoms with E-state index in [2.05, 4.69) is 4.74 Å². The summed E-state index contributed by atoms with van der Waals surface area (Å²) in [6.45, 7) is -0.649. The minimum Gasteiger partial charge on any atom is -0.865 e. The third-order valence-electron chi connectivity index (χ3n) is 1.49. The molecule has 6 nitrogen and oxygen atoms in total. The normalized spacial score (nSPS) is 28.0. The molecule has 0 fully saturated rings. The van der Waals surface area contributed by atoms with E-state index in [0.717, 1.165) is 0 Å². The van der Waals surface area contributed by atoms with Crippen LogP contribution in [-0.4, -0.2) is 40.1 Å². The summed E-state index contributed by atoms with van der Waals surface area (Å²) in [6, 6.07) is 0. The topological polar surface area (TPSA) is 110 Å². The zero-order valence-electron chi connectivity index (χ0n) is 6.93. The Kier molecular flexibility index (Phi) is 4.72. The monoisotopic (exact) mass is 198 g/mol. The average Bonchev–Trinajstić information content (AvgIpc) is 2.08. The minimum absolute atomic E-state index is 0. The number of esters is 1. The van der Waals surface area contributed by atoms with Crippen molar-refractivity contribution in [3.8, 4) is 0 Å². The number of aliphatic hydroxyl groups excluding tert-OH is 3. The van der Waals surface area contributed by atoms with E-state index in [4.69, 9.17) is 15.3 Å². The van der Waals surface area contributed by atoms with Gasteiger partial charge in [-0.3, -0.25) is 0 Å². The Morgan fingerprint density at radius 1 is 1.54 bits per heavy atom. The van der Waals surface area contributed by atoms with E-state index in [1.165, 1.54) is 0 Å². The number of ether oxygens (including phenoxy) is 1. The van der Waals surface area contributed by atoms with Crippen LogP contribution in [0.15, 0.2) is 11.5 Å². The number of rotatable bonds is 1. The first-order chi connectivity index (χ1) is 5.57. The van der Waals surface area contributed by atoms with Crippen LogP contribution in [0.5, 0.6) is 0 Å². The Morgan fingerprint density at radius 3 is 2.54 bits per heavy atom. The van der Waals surface area contributed by atoms with Crippen LogP contribution in [0.25, 0.3) is 0 Å². The van der Waals surface area contributed by atoms with Gasteiger partial charge in [-0.25, -0.2) is 4.79 Å². The summed E-state index contributed by atoms with van der Waals surface area (Å²) >= 11 is 0. The van der Waals surface area contributed by atoms with Gasteiger partial charge in [0.15, 0.2) is 6.10 Å². The van der Waals surface area contributed by atoms with Gasteiger partial charge in [0, 0.05) is 5.76 Å². The molecule has 2 atom stereocenters. The molecular formula is C6H7NaO6. The number of aliphatic hydroxyl groups is 3. The van der Waals surface area contributed by atoms with E-state index in [-0.39, 0.29) is 29.6 Å². The first-order valence-corrected chi connectivity index (χ1v) is 3.18. The van der Waals surface area contributed by atoms with E-state index >= 15 is 0 Å². The van der Waals surface area contributed by atoms with E-state index in [1.807, 2.05) is 0 Å². The standard InChI is InChI=1S/C6H8O6.Na/c7-1-2-3(8)4(9)5(10)6(11)12-2;/h2-3,7-10H,1H2;/q;+1/p-1/t2-,3-;/m0./s1. The molecule has 1 aliphatic heterocycles. The molecule has 0 saturated heterocycles. The van der Waals surface area contributed by atoms with Gasteiger partial charge in [0.1, 0.15) is 11.9 Å². The Balaban J connectivity index is 0.00000144. The number of carbonyl (C=O) groups excluding carboxylic acids is 1. The molecule has 1 rings (SSSR count). The maximum absolute atomic E-state index is 10.6. The van der Waals surface area contributed by atoms with Gasteiger partial charge in [-0.2, -0.15) is 0 Å². The SMILES string of the molecule is O=C1O[C@@H](CO)[C@H](O)C(O)=C1[O-].[Na+]. The molecular weight excluding hydrogens is 191 g/mol. The molecule has 0 aromatic heterocycles. The van der Waals surface area contributed by atoms with Crippen molar-refractivity contribution >= 4 is 5.97 Å². The van der Waals surface area contributed by atoms with Gasteiger partial charge < -0.3 is 25.2 Å². The summed E-state index contributed by atoms with van der Waals surface area (Å²) in [4.78, 5) is 10.5. The molecule has 13 heavy (non-hydrogen) atoms. The van der Waals surface area contributed by atoms with Crippen LogP contribution in [0, 0.1) is 0 Å². The predicted octanol–water partition coefficient (Wildman–Crippen LogP) is -5.60. The van der Waals surface area contributed by atoms with Gasteiger partial charge in [-0.1, -0.05) is 0 Å². The molecule has 0 aromatic rings. The molecule has 7 heteroatoms. The first-order valence-electron chi connectivity index (χ1n) is 3.18.